The summed E-state index contributed by atoms with van der Waals surface area (Å²) in [6.45, 7) is 5.88. The van der Waals surface area contributed by atoms with Gasteiger partial charge in [-0.3, -0.25) is 4.79 Å². The van der Waals surface area contributed by atoms with Crippen LogP contribution < -0.4 is 5.56 Å². The van der Waals surface area contributed by atoms with Crippen molar-refractivity contribution in [2.75, 3.05) is 5.75 Å². The molecule has 0 spiro atoms. The molecule has 0 aliphatic carbocycles. The van der Waals surface area contributed by atoms with E-state index in [0.29, 0.717) is 0 Å². The Morgan fingerprint density at radius 2 is 2.15 bits per heavy atom. The number of aromatic nitrogens is 2. The molecule has 4 heteroatoms. The SMILES string of the molecule is CCSc1nc(C)c(CC)c(=O)[nH]1. The maximum atomic E-state index is 11.5. The number of thioether (sulfide) groups is 1. The van der Waals surface area contributed by atoms with Gasteiger partial charge < -0.3 is 4.98 Å². The van der Waals surface area contributed by atoms with Crippen molar-refractivity contribution in [1.29, 1.82) is 0 Å². The molecule has 1 heterocycles. The predicted octanol–water partition coefficient (Wildman–Crippen LogP) is 1.75. The van der Waals surface area contributed by atoms with E-state index >= 15 is 0 Å². The Bertz CT molecular complexity index is 346. The molecule has 0 saturated heterocycles. The highest BCUT2D eigenvalue weighted by molar-refractivity contribution is 7.99. The van der Waals surface area contributed by atoms with E-state index in [0.717, 1.165) is 28.6 Å². The summed E-state index contributed by atoms with van der Waals surface area (Å²) >= 11 is 1.56. The quantitative estimate of drug-likeness (QED) is 0.594. The van der Waals surface area contributed by atoms with E-state index in [9.17, 15) is 4.79 Å². The summed E-state index contributed by atoms with van der Waals surface area (Å²) in [5.74, 6) is 0.924. The van der Waals surface area contributed by atoms with Crippen LogP contribution in [0.3, 0.4) is 0 Å². The summed E-state index contributed by atoms with van der Waals surface area (Å²) in [7, 11) is 0. The summed E-state index contributed by atoms with van der Waals surface area (Å²) in [6, 6.07) is 0. The third-order valence-electron chi connectivity index (χ3n) is 1.84. The maximum absolute atomic E-state index is 11.5. The van der Waals surface area contributed by atoms with Crippen LogP contribution in [-0.2, 0) is 6.42 Å². The summed E-state index contributed by atoms with van der Waals surface area (Å²) in [5.41, 5.74) is 1.65. The van der Waals surface area contributed by atoms with Gasteiger partial charge in [0.2, 0.25) is 0 Å². The average Bonchev–Trinajstić information content (AvgIpc) is 2.04. The van der Waals surface area contributed by atoms with E-state index in [1.807, 2.05) is 20.8 Å². The Morgan fingerprint density at radius 3 is 2.62 bits per heavy atom. The molecular weight excluding hydrogens is 184 g/mol. The lowest BCUT2D eigenvalue weighted by atomic mass is 10.2. The Hall–Kier alpha value is -0.770. The van der Waals surface area contributed by atoms with Crippen molar-refractivity contribution in [3.63, 3.8) is 0 Å². The molecule has 0 fully saturated rings. The number of aromatic amines is 1. The molecule has 0 atom stereocenters. The zero-order chi connectivity index (χ0) is 9.84. The molecule has 0 radical (unpaired) electrons. The van der Waals surface area contributed by atoms with E-state index in [4.69, 9.17) is 0 Å². The first-order valence-corrected chi connectivity index (χ1v) is 5.40. The lowest BCUT2D eigenvalue weighted by molar-refractivity contribution is 0.859. The van der Waals surface area contributed by atoms with Crippen LogP contribution >= 0.6 is 11.8 Å². The molecule has 0 aromatic carbocycles. The number of rotatable bonds is 3. The normalized spacial score (nSPS) is 10.4. The van der Waals surface area contributed by atoms with E-state index in [2.05, 4.69) is 9.97 Å². The van der Waals surface area contributed by atoms with Gasteiger partial charge in [-0.05, 0) is 19.1 Å². The topological polar surface area (TPSA) is 45.8 Å². The largest absolute Gasteiger partial charge is 0.301 e. The lowest BCUT2D eigenvalue weighted by Crippen LogP contribution is -2.16. The minimum absolute atomic E-state index is 0.00551. The van der Waals surface area contributed by atoms with Gasteiger partial charge in [-0.2, -0.15) is 0 Å². The molecule has 0 bridgehead atoms. The van der Waals surface area contributed by atoms with Gasteiger partial charge in [0.05, 0.1) is 0 Å². The molecule has 1 N–H and O–H groups in total. The van der Waals surface area contributed by atoms with Gasteiger partial charge in [-0.25, -0.2) is 4.98 Å². The van der Waals surface area contributed by atoms with Crippen LogP contribution in [0.25, 0.3) is 0 Å². The number of hydrogen-bond donors (Lipinski definition) is 1. The van der Waals surface area contributed by atoms with Crippen LogP contribution in [0.1, 0.15) is 25.1 Å². The molecule has 0 saturated carbocycles. The third kappa shape index (κ3) is 2.34. The second kappa shape index (κ2) is 4.46. The van der Waals surface area contributed by atoms with Crippen molar-refractivity contribution in [2.45, 2.75) is 32.3 Å². The van der Waals surface area contributed by atoms with Crippen LogP contribution in [-0.4, -0.2) is 15.7 Å². The van der Waals surface area contributed by atoms with E-state index in [-0.39, 0.29) is 5.56 Å². The molecule has 0 amide bonds. The molecule has 3 nitrogen and oxygen atoms in total. The average molecular weight is 198 g/mol. The van der Waals surface area contributed by atoms with Gasteiger partial charge in [0, 0.05) is 11.3 Å². The zero-order valence-corrected chi connectivity index (χ0v) is 8.99. The lowest BCUT2D eigenvalue weighted by Gasteiger charge is -2.03. The van der Waals surface area contributed by atoms with Gasteiger partial charge in [-0.1, -0.05) is 25.6 Å². The minimum atomic E-state index is 0.00551. The van der Waals surface area contributed by atoms with E-state index < -0.39 is 0 Å². The maximum Gasteiger partial charge on any atom is 0.254 e. The minimum Gasteiger partial charge on any atom is -0.301 e. The highest BCUT2D eigenvalue weighted by Gasteiger charge is 2.05. The van der Waals surface area contributed by atoms with E-state index in [1.165, 1.54) is 0 Å². The highest BCUT2D eigenvalue weighted by atomic mass is 32.2. The van der Waals surface area contributed by atoms with Crippen molar-refractivity contribution in [3.05, 3.63) is 21.6 Å². The fraction of sp³-hybridized carbons (Fsp3) is 0.556. The van der Waals surface area contributed by atoms with Gasteiger partial charge >= 0.3 is 0 Å². The molecule has 0 unspecified atom stereocenters. The fourth-order valence-electron chi connectivity index (χ4n) is 1.21. The monoisotopic (exact) mass is 198 g/mol. The number of nitrogens with zero attached hydrogens (tertiary/aromatic N) is 1. The van der Waals surface area contributed by atoms with Crippen LogP contribution in [0, 0.1) is 6.92 Å². The summed E-state index contributed by atoms with van der Waals surface area (Å²) < 4.78 is 0. The smallest absolute Gasteiger partial charge is 0.254 e. The second-order valence-electron chi connectivity index (χ2n) is 2.72. The van der Waals surface area contributed by atoms with Crippen molar-refractivity contribution in [1.82, 2.24) is 9.97 Å². The zero-order valence-electron chi connectivity index (χ0n) is 8.18. The van der Waals surface area contributed by atoms with Crippen molar-refractivity contribution >= 4 is 11.8 Å². The number of hydrogen-bond acceptors (Lipinski definition) is 3. The Labute approximate surface area is 82.0 Å². The molecule has 1 aromatic rings. The molecule has 0 aliphatic rings. The van der Waals surface area contributed by atoms with Crippen LogP contribution in [0.15, 0.2) is 9.95 Å². The summed E-state index contributed by atoms with van der Waals surface area (Å²) in [5, 5.41) is 0.724. The Morgan fingerprint density at radius 1 is 1.46 bits per heavy atom. The van der Waals surface area contributed by atoms with Gasteiger partial charge in [0.25, 0.3) is 5.56 Å². The van der Waals surface area contributed by atoms with Crippen LogP contribution in [0.4, 0.5) is 0 Å². The molecule has 0 aliphatic heterocycles. The molecule has 13 heavy (non-hydrogen) atoms. The van der Waals surface area contributed by atoms with Gasteiger partial charge in [0.15, 0.2) is 5.16 Å². The van der Waals surface area contributed by atoms with Crippen molar-refractivity contribution in [2.24, 2.45) is 0 Å². The molecule has 1 rings (SSSR count). The number of aryl methyl sites for hydroxylation is 1. The second-order valence-corrected chi connectivity index (χ2v) is 3.97. The summed E-state index contributed by atoms with van der Waals surface area (Å²) in [6.07, 6.45) is 0.741. The third-order valence-corrected chi connectivity index (χ3v) is 2.59. The first-order chi connectivity index (χ1) is 6.19. The van der Waals surface area contributed by atoms with Crippen molar-refractivity contribution in [3.8, 4) is 0 Å². The fourth-order valence-corrected chi connectivity index (χ4v) is 1.85. The summed E-state index contributed by atoms with van der Waals surface area (Å²) in [4.78, 5) is 18.5. The van der Waals surface area contributed by atoms with Gasteiger partial charge in [-0.15, -0.1) is 0 Å². The van der Waals surface area contributed by atoms with E-state index in [1.54, 1.807) is 11.8 Å². The first-order valence-electron chi connectivity index (χ1n) is 4.41. The van der Waals surface area contributed by atoms with Crippen molar-refractivity contribution < 1.29 is 0 Å². The predicted molar refractivity (Wildman–Crippen MR) is 55.4 cm³/mol. The molecule has 72 valence electrons. The Kier molecular flexibility index (Phi) is 3.54. The standard InChI is InChI=1S/C9H14N2OS/c1-4-7-6(3)10-9(13-5-2)11-8(7)12/h4-5H2,1-3H3,(H,10,11,12). The molecule has 1 aromatic heterocycles. The van der Waals surface area contributed by atoms with Crippen LogP contribution in [0.2, 0.25) is 0 Å². The number of nitrogens with one attached hydrogen (secondary N) is 1. The molecular formula is C9H14N2OS. The van der Waals surface area contributed by atoms with Gasteiger partial charge in [0.1, 0.15) is 0 Å². The first kappa shape index (κ1) is 10.3. The number of H-pyrrole nitrogens is 1. The Balaban J connectivity index is 3.13. The van der Waals surface area contributed by atoms with Crippen LogP contribution in [0.5, 0.6) is 0 Å². The highest BCUT2D eigenvalue weighted by Crippen LogP contribution is 2.11.